The number of carbonyl (C=O) groups excluding carboxylic acids is 2. The van der Waals surface area contributed by atoms with Crippen LogP contribution in [-0.4, -0.2) is 50.0 Å². The molecule has 0 saturated heterocycles. The Labute approximate surface area is 236 Å². The van der Waals surface area contributed by atoms with Crippen molar-refractivity contribution in [3.05, 3.63) is 63.6 Å². The molecule has 0 radical (unpaired) electrons. The zero-order chi connectivity index (χ0) is 27.9. The Hall–Kier alpha value is -2.29. The maximum absolute atomic E-state index is 13.5. The van der Waals surface area contributed by atoms with Crippen LogP contribution in [0.25, 0.3) is 0 Å². The Morgan fingerprint density at radius 2 is 1.71 bits per heavy atom. The van der Waals surface area contributed by atoms with Gasteiger partial charge in [-0.25, -0.2) is 8.42 Å². The molecule has 3 rings (SSSR count). The summed E-state index contributed by atoms with van der Waals surface area (Å²) in [6, 6.07) is 11.7. The van der Waals surface area contributed by atoms with E-state index in [9.17, 15) is 18.0 Å². The van der Waals surface area contributed by atoms with E-state index in [1.54, 1.807) is 49.1 Å². The van der Waals surface area contributed by atoms with E-state index in [1.807, 2.05) is 12.1 Å². The van der Waals surface area contributed by atoms with Crippen LogP contribution < -0.4 is 9.62 Å². The Bertz CT molecular complexity index is 1220. The first-order valence-corrected chi connectivity index (χ1v) is 15.6. The minimum absolute atomic E-state index is 0.0836. The predicted octanol–water partition coefficient (Wildman–Crippen LogP) is 5.71. The monoisotopic (exact) mass is 581 g/mol. The Kier molecular flexibility index (Phi) is 10.9. The number of halogens is 2. The minimum Gasteiger partial charge on any atom is -0.352 e. The van der Waals surface area contributed by atoms with Gasteiger partial charge in [0, 0.05) is 35.6 Å². The van der Waals surface area contributed by atoms with Crippen LogP contribution in [-0.2, 0) is 26.2 Å². The van der Waals surface area contributed by atoms with Gasteiger partial charge in [-0.1, -0.05) is 60.7 Å². The van der Waals surface area contributed by atoms with Crippen LogP contribution in [0.4, 0.5) is 5.69 Å². The number of carbonyl (C=O) groups is 2. The van der Waals surface area contributed by atoms with Gasteiger partial charge in [0.15, 0.2) is 0 Å². The standard InChI is InChI=1S/C28H37Cl2N3O4S/c1-20-25(30)11-7-12-26(20)33(38(3,36)37)18-8-13-27(34)32(19-22-14-16-23(29)17-15-22)21(2)28(35)31-24-9-5-4-6-10-24/h7,11-12,14-17,21,24H,4-6,8-10,13,18-19H2,1-3H3,(H,31,35)/t21-/m0/s1. The zero-order valence-corrected chi connectivity index (χ0v) is 24.6. The maximum Gasteiger partial charge on any atom is 0.242 e. The molecule has 2 aromatic carbocycles. The molecule has 1 saturated carbocycles. The number of nitrogens with one attached hydrogen (secondary N) is 1. The third-order valence-corrected chi connectivity index (χ3v) is 8.89. The van der Waals surface area contributed by atoms with E-state index in [-0.39, 0.29) is 43.8 Å². The molecule has 0 aromatic heterocycles. The van der Waals surface area contributed by atoms with Gasteiger partial charge >= 0.3 is 0 Å². The molecule has 38 heavy (non-hydrogen) atoms. The van der Waals surface area contributed by atoms with Crippen LogP contribution in [0.15, 0.2) is 42.5 Å². The highest BCUT2D eigenvalue weighted by Crippen LogP contribution is 2.28. The van der Waals surface area contributed by atoms with E-state index in [0.717, 1.165) is 37.5 Å². The Morgan fingerprint density at radius 1 is 1.05 bits per heavy atom. The van der Waals surface area contributed by atoms with Crippen molar-refractivity contribution in [2.24, 2.45) is 0 Å². The molecule has 1 aliphatic rings. The molecule has 10 heteroatoms. The average Bonchev–Trinajstić information content (AvgIpc) is 2.87. The van der Waals surface area contributed by atoms with Crippen molar-refractivity contribution in [1.82, 2.24) is 10.2 Å². The Morgan fingerprint density at radius 3 is 2.34 bits per heavy atom. The van der Waals surface area contributed by atoms with Crippen molar-refractivity contribution in [3.63, 3.8) is 0 Å². The van der Waals surface area contributed by atoms with Crippen molar-refractivity contribution in [3.8, 4) is 0 Å². The summed E-state index contributed by atoms with van der Waals surface area (Å²) >= 11 is 12.3. The first kappa shape index (κ1) is 30.3. The van der Waals surface area contributed by atoms with Crippen LogP contribution in [0.2, 0.25) is 10.0 Å². The molecular weight excluding hydrogens is 545 g/mol. The first-order chi connectivity index (χ1) is 18.0. The highest BCUT2D eigenvalue weighted by molar-refractivity contribution is 7.92. The number of amides is 2. The van der Waals surface area contributed by atoms with E-state index in [4.69, 9.17) is 23.2 Å². The van der Waals surface area contributed by atoms with Crippen LogP contribution in [0.3, 0.4) is 0 Å². The fraction of sp³-hybridized carbons (Fsp3) is 0.500. The molecule has 0 unspecified atom stereocenters. The summed E-state index contributed by atoms with van der Waals surface area (Å²) in [6.07, 6.45) is 6.78. The zero-order valence-electron chi connectivity index (χ0n) is 22.3. The molecule has 7 nitrogen and oxygen atoms in total. The van der Waals surface area contributed by atoms with Crippen LogP contribution in [0, 0.1) is 6.92 Å². The van der Waals surface area contributed by atoms with E-state index in [0.29, 0.717) is 21.3 Å². The second kappa shape index (κ2) is 13.7. The summed E-state index contributed by atoms with van der Waals surface area (Å²) in [7, 11) is -3.60. The van der Waals surface area contributed by atoms with Gasteiger partial charge in [-0.2, -0.15) is 0 Å². The topological polar surface area (TPSA) is 86.8 Å². The number of hydrogen-bond acceptors (Lipinski definition) is 4. The summed E-state index contributed by atoms with van der Waals surface area (Å²) in [5, 5.41) is 4.18. The van der Waals surface area contributed by atoms with Crippen LogP contribution in [0.1, 0.15) is 63.0 Å². The van der Waals surface area contributed by atoms with Gasteiger partial charge in [-0.05, 0) is 68.5 Å². The summed E-state index contributed by atoms with van der Waals surface area (Å²) in [5.74, 6) is -0.394. The van der Waals surface area contributed by atoms with Gasteiger partial charge in [-0.3, -0.25) is 13.9 Å². The van der Waals surface area contributed by atoms with Gasteiger partial charge in [0.2, 0.25) is 21.8 Å². The van der Waals surface area contributed by atoms with Crippen LogP contribution in [0.5, 0.6) is 0 Å². The summed E-state index contributed by atoms with van der Waals surface area (Å²) in [4.78, 5) is 28.2. The predicted molar refractivity (Wildman–Crippen MR) is 154 cm³/mol. The molecule has 1 N–H and O–H groups in total. The molecule has 2 amide bonds. The third-order valence-electron chi connectivity index (χ3n) is 7.04. The Balaban J connectivity index is 1.73. The van der Waals surface area contributed by atoms with E-state index in [2.05, 4.69) is 5.32 Å². The largest absolute Gasteiger partial charge is 0.352 e. The molecule has 1 atom stereocenters. The summed E-state index contributed by atoms with van der Waals surface area (Å²) in [6.45, 7) is 3.87. The molecular formula is C28H37Cl2N3O4S. The van der Waals surface area contributed by atoms with E-state index < -0.39 is 16.1 Å². The molecule has 0 heterocycles. The molecule has 2 aromatic rings. The van der Waals surface area contributed by atoms with Gasteiger partial charge in [0.25, 0.3) is 0 Å². The summed E-state index contributed by atoms with van der Waals surface area (Å²) in [5.41, 5.74) is 2.00. The van der Waals surface area contributed by atoms with E-state index in [1.165, 1.54) is 10.7 Å². The van der Waals surface area contributed by atoms with Crippen molar-refractivity contribution in [2.75, 3.05) is 17.1 Å². The van der Waals surface area contributed by atoms with Crippen molar-refractivity contribution in [1.29, 1.82) is 0 Å². The molecule has 1 aliphatic carbocycles. The lowest BCUT2D eigenvalue weighted by molar-refractivity contribution is -0.141. The smallest absolute Gasteiger partial charge is 0.242 e. The number of sulfonamides is 1. The minimum atomic E-state index is -3.60. The van der Waals surface area contributed by atoms with Crippen LogP contribution >= 0.6 is 23.2 Å². The number of benzene rings is 2. The lowest BCUT2D eigenvalue weighted by Crippen LogP contribution is -2.50. The first-order valence-electron chi connectivity index (χ1n) is 13.0. The highest BCUT2D eigenvalue weighted by Gasteiger charge is 2.28. The second-order valence-corrected chi connectivity index (χ2v) is 12.7. The average molecular weight is 583 g/mol. The highest BCUT2D eigenvalue weighted by atomic mass is 35.5. The molecule has 0 bridgehead atoms. The number of hydrogen-bond donors (Lipinski definition) is 1. The summed E-state index contributed by atoms with van der Waals surface area (Å²) < 4.78 is 26.5. The number of rotatable bonds is 11. The SMILES string of the molecule is Cc1c(Cl)cccc1N(CCCC(=O)N(Cc1ccc(Cl)cc1)[C@@H](C)C(=O)NC1CCCCC1)S(C)(=O)=O. The lowest BCUT2D eigenvalue weighted by Gasteiger charge is -2.31. The van der Waals surface area contributed by atoms with Crippen molar-refractivity contribution < 1.29 is 18.0 Å². The molecule has 0 spiro atoms. The third kappa shape index (κ3) is 8.35. The van der Waals surface area contributed by atoms with Crippen molar-refractivity contribution in [2.45, 2.75) is 77.4 Å². The van der Waals surface area contributed by atoms with Gasteiger partial charge < -0.3 is 10.2 Å². The maximum atomic E-state index is 13.5. The molecule has 0 aliphatic heterocycles. The molecule has 208 valence electrons. The fourth-order valence-electron chi connectivity index (χ4n) is 4.79. The quantitative estimate of drug-likeness (QED) is 0.368. The van der Waals surface area contributed by atoms with Crippen molar-refractivity contribution >= 4 is 50.7 Å². The number of nitrogens with zero attached hydrogens (tertiary/aromatic N) is 2. The van der Waals surface area contributed by atoms with Gasteiger partial charge in [0.05, 0.1) is 11.9 Å². The lowest BCUT2D eigenvalue weighted by atomic mass is 9.95. The van der Waals surface area contributed by atoms with E-state index >= 15 is 0 Å². The number of anilines is 1. The fourth-order valence-corrected chi connectivity index (χ4v) is 6.10. The van der Waals surface area contributed by atoms with Gasteiger partial charge in [0.1, 0.15) is 6.04 Å². The molecule has 1 fully saturated rings. The second-order valence-electron chi connectivity index (χ2n) is 9.99. The van der Waals surface area contributed by atoms with Gasteiger partial charge in [-0.15, -0.1) is 0 Å². The normalized spacial score (nSPS) is 15.1.